The molecule has 0 aromatic carbocycles. The van der Waals surface area contributed by atoms with Gasteiger partial charge in [-0.3, -0.25) is 9.78 Å². The van der Waals surface area contributed by atoms with E-state index in [0.29, 0.717) is 25.2 Å². The summed E-state index contributed by atoms with van der Waals surface area (Å²) in [5.74, 6) is 0.956. The van der Waals surface area contributed by atoms with Gasteiger partial charge in [-0.1, -0.05) is 6.07 Å². The first-order chi connectivity index (χ1) is 11.8. The molecule has 1 amide bonds. The Morgan fingerprint density at radius 1 is 1.08 bits per heavy atom. The molecule has 0 bridgehead atoms. The molecule has 8 nitrogen and oxygen atoms in total. The molecule has 1 aliphatic heterocycles. The van der Waals surface area contributed by atoms with Crippen LogP contribution in [0.4, 0.5) is 5.82 Å². The van der Waals surface area contributed by atoms with E-state index in [1.807, 2.05) is 23.1 Å². The third-order valence-corrected chi connectivity index (χ3v) is 4.19. The first-order valence-electron chi connectivity index (χ1n) is 7.88. The van der Waals surface area contributed by atoms with Crippen molar-refractivity contribution in [1.29, 1.82) is 0 Å². The van der Waals surface area contributed by atoms with Gasteiger partial charge in [0.1, 0.15) is 11.8 Å². The van der Waals surface area contributed by atoms with E-state index in [4.69, 9.17) is 0 Å². The van der Waals surface area contributed by atoms with Gasteiger partial charge in [-0.05, 0) is 12.1 Å². The summed E-state index contributed by atoms with van der Waals surface area (Å²) in [6, 6.07) is 5.63. The van der Waals surface area contributed by atoms with Gasteiger partial charge in [-0.15, -0.1) is 0 Å². The normalized spacial score (nSPS) is 15.0. The summed E-state index contributed by atoms with van der Waals surface area (Å²) in [6.45, 7) is 2.81. The van der Waals surface area contributed by atoms with Crippen LogP contribution in [0.15, 0.2) is 37.1 Å². The zero-order chi connectivity index (χ0) is 16.4. The number of carbonyl (C=O) groups is 1. The predicted molar refractivity (Wildman–Crippen MR) is 88.4 cm³/mol. The van der Waals surface area contributed by atoms with Crippen molar-refractivity contribution in [2.75, 3.05) is 31.1 Å². The van der Waals surface area contributed by atoms with Crippen molar-refractivity contribution in [1.82, 2.24) is 29.8 Å². The molecule has 1 fully saturated rings. The Balaban J connectivity index is 1.41. The minimum Gasteiger partial charge on any atom is -0.351 e. The van der Waals surface area contributed by atoms with Crippen molar-refractivity contribution in [3.05, 3.63) is 42.7 Å². The number of hydrogen-bond donors (Lipinski definition) is 1. The number of piperazine rings is 1. The molecular weight excluding hydrogens is 306 g/mol. The molecule has 24 heavy (non-hydrogen) atoms. The second-order valence-corrected chi connectivity index (χ2v) is 5.66. The lowest BCUT2D eigenvalue weighted by atomic mass is 10.2. The molecule has 3 aromatic rings. The van der Waals surface area contributed by atoms with Crippen molar-refractivity contribution in [3.63, 3.8) is 0 Å². The standard InChI is InChI=1S/C16H17N7O/c24-13(9-12-3-1-2-4-17-12)22-5-7-23(8-6-22)16-14-15(19-10-18-14)20-11-21-16/h1-4,10-11H,5-9H2,(H,18,19,20,21). The fourth-order valence-electron chi connectivity index (χ4n) is 2.93. The monoisotopic (exact) mass is 323 g/mol. The first kappa shape index (κ1) is 14.6. The number of carbonyl (C=O) groups excluding carboxylic acids is 1. The molecule has 0 saturated carbocycles. The number of pyridine rings is 1. The Kier molecular flexibility index (Phi) is 3.78. The maximum absolute atomic E-state index is 12.4. The lowest BCUT2D eigenvalue weighted by Crippen LogP contribution is -2.49. The molecule has 0 spiro atoms. The van der Waals surface area contributed by atoms with Gasteiger partial charge in [0.25, 0.3) is 0 Å². The van der Waals surface area contributed by atoms with Gasteiger partial charge >= 0.3 is 0 Å². The fraction of sp³-hybridized carbons (Fsp3) is 0.312. The average molecular weight is 323 g/mol. The first-order valence-corrected chi connectivity index (χ1v) is 7.88. The molecule has 1 aliphatic rings. The highest BCUT2D eigenvalue weighted by molar-refractivity contribution is 5.83. The molecule has 0 atom stereocenters. The summed E-state index contributed by atoms with van der Waals surface area (Å²) in [4.78, 5) is 36.4. The lowest BCUT2D eigenvalue weighted by Gasteiger charge is -2.35. The van der Waals surface area contributed by atoms with Gasteiger partial charge < -0.3 is 14.8 Å². The molecule has 122 valence electrons. The van der Waals surface area contributed by atoms with Crippen molar-refractivity contribution >= 4 is 22.9 Å². The summed E-state index contributed by atoms with van der Waals surface area (Å²) >= 11 is 0. The van der Waals surface area contributed by atoms with Crippen LogP contribution in [-0.2, 0) is 11.2 Å². The number of anilines is 1. The van der Waals surface area contributed by atoms with Gasteiger partial charge in [-0.25, -0.2) is 15.0 Å². The molecule has 3 aromatic heterocycles. The van der Waals surface area contributed by atoms with E-state index >= 15 is 0 Å². The maximum Gasteiger partial charge on any atom is 0.228 e. The van der Waals surface area contributed by atoms with E-state index < -0.39 is 0 Å². The smallest absolute Gasteiger partial charge is 0.228 e. The number of H-pyrrole nitrogens is 1. The molecule has 1 saturated heterocycles. The van der Waals surface area contributed by atoms with Gasteiger partial charge in [0.15, 0.2) is 11.5 Å². The number of aromatic amines is 1. The Hall–Kier alpha value is -3.03. The quantitative estimate of drug-likeness (QED) is 0.760. The van der Waals surface area contributed by atoms with Crippen LogP contribution >= 0.6 is 0 Å². The molecular formula is C16H17N7O. The molecule has 0 radical (unpaired) electrons. The number of hydrogen-bond acceptors (Lipinski definition) is 6. The molecule has 4 rings (SSSR count). The highest BCUT2D eigenvalue weighted by atomic mass is 16.2. The summed E-state index contributed by atoms with van der Waals surface area (Å²) in [5.41, 5.74) is 2.30. The zero-order valence-corrected chi connectivity index (χ0v) is 13.1. The summed E-state index contributed by atoms with van der Waals surface area (Å²) < 4.78 is 0. The van der Waals surface area contributed by atoms with Crippen LogP contribution in [0.1, 0.15) is 5.69 Å². The maximum atomic E-state index is 12.4. The summed E-state index contributed by atoms with van der Waals surface area (Å²) in [7, 11) is 0. The third kappa shape index (κ3) is 2.78. The zero-order valence-electron chi connectivity index (χ0n) is 13.1. The number of nitrogens with zero attached hydrogens (tertiary/aromatic N) is 6. The van der Waals surface area contributed by atoms with E-state index in [-0.39, 0.29) is 5.91 Å². The predicted octanol–water partition coefficient (Wildman–Crippen LogP) is 0.639. The number of imidazole rings is 1. The average Bonchev–Trinajstić information content (AvgIpc) is 3.11. The number of aromatic nitrogens is 5. The van der Waals surface area contributed by atoms with Gasteiger partial charge in [0.2, 0.25) is 5.91 Å². The van der Waals surface area contributed by atoms with E-state index in [0.717, 1.165) is 30.1 Å². The number of fused-ring (bicyclic) bond motifs is 1. The van der Waals surface area contributed by atoms with Crippen LogP contribution in [0.3, 0.4) is 0 Å². The van der Waals surface area contributed by atoms with Crippen LogP contribution in [0.2, 0.25) is 0 Å². The highest BCUT2D eigenvalue weighted by Crippen LogP contribution is 2.21. The highest BCUT2D eigenvalue weighted by Gasteiger charge is 2.23. The van der Waals surface area contributed by atoms with Crippen LogP contribution < -0.4 is 4.90 Å². The Bertz CT molecular complexity index is 840. The number of rotatable bonds is 3. The summed E-state index contributed by atoms with van der Waals surface area (Å²) in [6.07, 6.45) is 5.21. The number of nitrogens with one attached hydrogen (secondary N) is 1. The van der Waals surface area contributed by atoms with E-state index in [1.165, 1.54) is 6.33 Å². The lowest BCUT2D eigenvalue weighted by molar-refractivity contribution is -0.130. The van der Waals surface area contributed by atoms with Crippen molar-refractivity contribution in [2.24, 2.45) is 0 Å². The van der Waals surface area contributed by atoms with Crippen LogP contribution in [0.25, 0.3) is 11.2 Å². The van der Waals surface area contributed by atoms with Crippen molar-refractivity contribution in [2.45, 2.75) is 6.42 Å². The summed E-state index contributed by atoms with van der Waals surface area (Å²) in [5, 5.41) is 0. The SMILES string of the molecule is O=C(Cc1ccccn1)N1CCN(c2ncnc3nc[nH]c23)CC1. The van der Waals surface area contributed by atoms with Gasteiger partial charge in [0.05, 0.1) is 12.7 Å². The molecule has 0 aliphatic carbocycles. The van der Waals surface area contributed by atoms with Crippen LogP contribution in [0.5, 0.6) is 0 Å². The fourth-order valence-corrected chi connectivity index (χ4v) is 2.93. The topological polar surface area (TPSA) is 90.9 Å². The van der Waals surface area contributed by atoms with Crippen molar-refractivity contribution < 1.29 is 4.79 Å². The second kappa shape index (κ2) is 6.23. The minimum absolute atomic E-state index is 0.114. The number of amides is 1. The van der Waals surface area contributed by atoms with Gasteiger partial charge in [-0.2, -0.15) is 0 Å². The van der Waals surface area contributed by atoms with E-state index in [1.54, 1.807) is 12.5 Å². The molecule has 0 unspecified atom stereocenters. The minimum atomic E-state index is 0.114. The van der Waals surface area contributed by atoms with E-state index in [2.05, 4.69) is 29.8 Å². The van der Waals surface area contributed by atoms with E-state index in [9.17, 15) is 4.79 Å². The Morgan fingerprint density at radius 3 is 2.75 bits per heavy atom. The van der Waals surface area contributed by atoms with Crippen LogP contribution in [0, 0.1) is 0 Å². The molecule has 4 heterocycles. The van der Waals surface area contributed by atoms with Crippen molar-refractivity contribution in [3.8, 4) is 0 Å². The molecule has 8 heteroatoms. The largest absolute Gasteiger partial charge is 0.351 e. The molecule has 1 N–H and O–H groups in total. The Labute approximate surface area is 138 Å². The van der Waals surface area contributed by atoms with Crippen LogP contribution in [-0.4, -0.2) is 61.9 Å². The van der Waals surface area contributed by atoms with Gasteiger partial charge in [0, 0.05) is 38.1 Å². The second-order valence-electron chi connectivity index (χ2n) is 5.66. The Morgan fingerprint density at radius 2 is 1.96 bits per heavy atom. The third-order valence-electron chi connectivity index (χ3n) is 4.19.